The van der Waals surface area contributed by atoms with Gasteiger partial charge in [-0.3, -0.25) is 4.79 Å². The van der Waals surface area contributed by atoms with E-state index < -0.39 is 0 Å². The van der Waals surface area contributed by atoms with E-state index in [0.29, 0.717) is 50.9 Å². The fraction of sp³-hybridized carbons (Fsp3) is 0.778. The molecule has 0 spiro atoms. The molecule has 2 heterocycles. The van der Waals surface area contributed by atoms with Crippen LogP contribution in [-0.2, 0) is 16.0 Å². The number of piperidine rings is 1. The van der Waals surface area contributed by atoms with Crippen molar-refractivity contribution in [2.45, 2.75) is 51.0 Å². The van der Waals surface area contributed by atoms with Crippen LogP contribution in [0.15, 0.2) is 4.52 Å². The van der Waals surface area contributed by atoms with Crippen LogP contribution in [0.4, 0.5) is 4.79 Å². The molecule has 1 saturated carbocycles. The maximum Gasteiger partial charge on any atom is 0.317 e. The maximum atomic E-state index is 12.3. The van der Waals surface area contributed by atoms with Crippen molar-refractivity contribution < 1.29 is 18.8 Å². The summed E-state index contributed by atoms with van der Waals surface area (Å²) in [5.74, 6) is 1.80. The molecule has 0 radical (unpaired) electrons. The molecule has 1 aliphatic carbocycles. The lowest BCUT2D eigenvalue weighted by Crippen LogP contribution is -2.54. The Hall–Kier alpha value is -2.16. The lowest BCUT2D eigenvalue weighted by Gasteiger charge is -2.39. The van der Waals surface area contributed by atoms with Gasteiger partial charge in [0, 0.05) is 58.6 Å². The zero-order valence-electron chi connectivity index (χ0n) is 16.1. The third kappa shape index (κ3) is 5.41. The molecular weight excluding hydrogens is 350 g/mol. The van der Waals surface area contributed by atoms with Gasteiger partial charge in [0.25, 0.3) is 0 Å². The molecule has 1 aromatic heterocycles. The van der Waals surface area contributed by atoms with E-state index in [2.05, 4.69) is 15.5 Å². The second-order valence-electron chi connectivity index (χ2n) is 7.25. The van der Waals surface area contributed by atoms with Crippen molar-refractivity contribution in [3.63, 3.8) is 0 Å². The monoisotopic (exact) mass is 379 g/mol. The first-order valence-electron chi connectivity index (χ1n) is 9.70. The molecule has 1 atom stereocenters. The highest BCUT2D eigenvalue weighted by molar-refractivity contribution is 5.75. The number of carbonyl (C=O) groups excluding carboxylic acids is 2. The third-order valence-corrected chi connectivity index (χ3v) is 5.10. The molecule has 2 fully saturated rings. The molecule has 1 aliphatic heterocycles. The second-order valence-corrected chi connectivity index (χ2v) is 7.25. The van der Waals surface area contributed by atoms with Crippen LogP contribution in [0.2, 0.25) is 0 Å². The normalized spacial score (nSPS) is 19.8. The van der Waals surface area contributed by atoms with Gasteiger partial charge >= 0.3 is 6.03 Å². The van der Waals surface area contributed by atoms with Gasteiger partial charge in [-0.25, -0.2) is 4.79 Å². The molecule has 0 bridgehead atoms. The van der Waals surface area contributed by atoms with Crippen LogP contribution in [-0.4, -0.2) is 77.8 Å². The van der Waals surface area contributed by atoms with Crippen molar-refractivity contribution >= 4 is 11.9 Å². The summed E-state index contributed by atoms with van der Waals surface area (Å²) in [7, 11) is 1.60. The van der Waals surface area contributed by atoms with Crippen LogP contribution >= 0.6 is 0 Å². The molecule has 9 nitrogen and oxygen atoms in total. The second kappa shape index (κ2) is 9.16. The summed E-state index contributed by atoms with van der Waals surface area (Å²) < 4.78 is 10.2. The molecular formula is C18H29N5O4. The molecule has 9 heteroatoms. The number of ether oxygens (including phenoxy) is 1. The van der Waals surface area contributed by atoms with Gasteiger partial charge in [-0.2, -0.15) is 4.98 Å². The van der Waals surface area contributed by atoms with Crippen LogP contribution in [0.5, 0.6) is 0 Å². The number of carbonyl (C=O) groups is 2. The zero-order chi connectivity index (χ0) is 19.2. The molecule has 150 valence electrons. The quantitative estimate of drug-likeness (QED) is 0.680. The van der Waals surface area contributed by atoms with Gasteiger partial charge in [-0.15, -0.1) is 0 Å². The van der Waals surface area contributed by atoms with E-state index in [9.17, 15) is 9.59 Å². The van der Waals surface area contributed by atoms with Crippen LogP contribution in [0.3, 0.4) is 0 Å². The first-order chi connectivity index (χ1) is 13.1. The van der Waals surface area contributed by atoms with E-state index in [1.54, 1.807) is 18.9 Å². The Balaban J connectivity index is 1.53. The van der Waals surface area contributed by atoms with Crippen LogP contribution < -0.4 is 5.32 Å². The summed E-state index contributed by atoms with van der Waals surface area (Å²) in [6.07, 6.45) is 4.56. The van der Waals surface area contributed by atoms with Crippen molar-refractivity contribution in [3.05, 3.63) is 11.7 Å². The van der Waals surface area contributed by atoms with E-state index in [1.807, 2.05) is 4.90 Å². The predicted molar refractivity (Wildman–Crippen MR) is 97.2 cm³/mol. The van der Waals surface area contributed by atoms with Gasteiger partial charge in [0.1, 0.15) is 0 Å². The molecule has 3 amide bonds. The summed E-state index contributed by atoms with van der Waals surface area (Å²) >= 11 is 0. The van der Waals surface area contributed by atoms with Crippen molar-refractivity contribution in [3.8, 4) is 0 Å². The Morgan fingerprint density at radius 3 is 2.89 bits per heavy atom. The van der Waals surface area contributed by atoms with Gasteiger partial charge in [0.05, 0.1) is 6.61 Å². The highest BCUT2D eigenvalue weighted by atomic mass is 16.5. The predicted octanol–water partition coefficient (Wildman–Crippen LogP) is 1.16. The molecule has 1 unspecified atom stereocenters. The Labute approximate surface area is 159 Å². The SMILES string of the molecule is COCCNC(=O)N1CCCC(N(CCc2noc(C3CC3)n2)C(C)=O)C1. The number of likely N-dealkylation sites (tertiary alicyclic amines) is 1. The van der Waals surface area contributed by atoms with Gasteiger partial charge in [0.15, 0.2) is 5.82 Å². The molecule has 2 aliphatic rings. The number of methoxy groups -OCH3 is 1. The average Bonchev–Trinajstić information content (AvgIpc) is 3.41. The zero-order valence-corrected chi connectivity index (χ0v) is 16.1. The van der Waals surface area contributed by atoms with E-state index >= 15 is 0 Å². The summed E-state index contributed by atoms with van der Waals surface area (Å²) in [5, 5.41) is 6.87. The number of hydrogen-bond acceptors (Lipinski definition) is 6. The molecule has 1 N–H and O–H groups in total. The topological polar surface area (TPSA) is 101 Å². The average molecular weight is 379 g/mol. The number of rotatable bonds is 8. The lowest BCUT2D eigenvalue weighted by molar-refractivity contribution is -0.132. The molecule has 3 rings (SSSR count). The number of nitrogens with zero attached hydrogens (tertiary/aromatic N) is 4. The minimum Gasteiger partial charge on any atom is -0.383 e. The Bertz CT molecular complexity index is 645. The maximum absolute atomic E-state index is 12.3. The van der Waals surface area contributed by atoms with Gasteiger partial charge in [-0.1, -0.05) is 5.16 Å². The number of aromatic nitrogens is 2. The Morgan fingerprint density at radius 2 is 2.19 bits per heavy atom. The number of amides is 3. The van der Waals surface area contributed by atoms with Crippen molar-refractivity contribution in [2.75, 3.05) is 39.9 Å². The smallest absolute Gasteiger partial charge is 0.317 e. The summed E-state index contributed by atoms with van der Waals surface area (Å²) in [4.78, 5) is 32.5. The summed E-state index contributed by atoms with van der Waals surface area (Å²) in [6.45, 7) is 4.31. The Kier molecular flexibility index (Phi) is 6.65. The molecule has 0 aromatic carbocycles. The van der Waals surface area contributed by atoms with Crippen LogP contribution in [0.25, 0.3) is 0 Å². The standard InChI is InChI=1S/C18H29N5O4/c1-13(24)23(10-7-16-20-17(27-21-16)14-5-6-14)15-4-3-9-22(12-15)18(25)19-8-11-26-2/h14-15H,3-12H2,1-2H3,(H,19,25). The molecule has 1 aromatic rings. The van der Waals surface area contributed by atoms with Gasteiger partial charge in [0.2, 0.25) is 11.8 Å². The molecule has 27 heavy (non-hydrogen) atoms. The minimum absolute atomic E-state index is 0.00699. The number of urea groups is 1. The summed E-state index contributed by atoms with van der Waals surface area (Å²) in [6, 6.07) is -0.0910. The van der Waals surface area contributed by atoms with Crippen molar-refractivity contribution in [1.29, 1.82) is 0 Å². The fourth-order valence-corrected chi connectivity index (χ4v) is 3.45. The van der Waals surface area contributed by atoms with Crippen LogP contribution in [0, 0.1) is 0 Å². The number of nitrogens with one attached hydrogen (secondary N) is 1. The van der Waals surface area contributed by atoms with E-state index in [4.69, 9.17) is 9.26 Å². The van der Waals surface area contributed by atoms with Gasteiger partial charge in [-0.05, 0) is 25.7 Å². The highest BCUT2D eigenvalue weighted by Gasteiger charge is 2.31. The van der Waals surface area contributed by atoms with Crippen LogP contribution in [0.1, 0.15) is 50.2 Å². The van der Waals surface area contributed by atoms with Crippen molar-refractivity contribution in [2.24, 2.45) is 0 Å². The lowest BCUT2D eigenvalue weighted by atomic mass is 10.0. The fourth-order valence-electron chi connectivity index (χ4n) is 3.45. The molecule has 1 saturated heterocycles. The number of hydrogen-bond donors (Lipinski definition) is 1. The van der Waals surface area contributed by atoms with E-state index in [1.165, 1.54) is 0 Å². The minimum atomic E-state index is -0.104. The van der Waals surface area contributed by atoms with E-state index in [-0.39, 0.29) is 18.0 Å². The first kappa shape index (κ1) is 19.6. The highest BCUT2D eigenvalue weighted by Crippen LogP contribution is 2.38. The Morgan fingerprint density at radius 1 is 1.37 bits per heavy atom. The largest absolute Gasteiger partial charge is 0.383 e. The van der Waals surface area contributed by atoms with Gasteiger partial charge < -0.3 is 24.4 Å². The first-order valence-corrected chi connectivity index (χ1v) is 9.70. The third-order valence-electron chi connectivity index (χ3n) is 5.10. The summed E-state index contributed by atoms with van der Waals surface area (Å²) in [5.41, 5.74) is 0. The van der Waals surface area contributed by atoms with Crippen molar-refractivity contribution in [1.82, 2.24) is 25.3 Å². The van der Waals surface area contributed by atoms with E-state index in [0.717, 1.165) is 31.6 Å².